The van der Waals surface area contributed by atoms with E-state index in [0.717, 1.165) is 67.7 Å². The Hall–Kier alpha value is -6.78. The third-order valence-corrected chi connectivity index (χ3v) is 9.89. The summed E-state index contributed by atoms with van der Waals surface area (Å²) in [4.78, 5) is 10.1. The van der Waals surface area contributed by atoms with Gasteiger partial charge in [-0.15, -0.1) is 0 Å². The van der Waals surface area contributed by atoms with E-state index < -0.39 is 0 Å². The molecule has 0 spiro atoms. The number of ether oxygens (including phenoxy) is 1. The monoisotopic (exact) mass is 653 g/mol. The Morgan fingerprint density at radius 2 is 1.00 bits per heavy atom. The van der Waals surface area contributed by atoms with Gasteiger partial charge < -0.3 is 10.1 Å². The van der Waals surface area contributed by atoms with Gasteiger partial charge >= 0.3 is 0 Å². The van der Waals surface area contributed by atoms with E-state index in [0.29, 0.717) is 0 Å². The van der Waals surface area contributed by atoms with E-state index in [9.17, 15) is 0 Å². The Kier molecular flexibility index (Phi) is 6.85. The largest absolute Gasteiger partial charge is 0.455 e. The second kappa shape index (κ2) is 12.0. The highest BCUT2D eigenvalue weighted by atomic mass is 16.5. The van der Waals surface area contributed by atoms with Crippen LogP contribution in [0.5, 0.6) is 11.5 Å². The summed E-state index contributed by atoms with van der Waals surface area (Å²) in [5.41, 5.74) is 9.77. The Morgan fingerprint density at radius 3 is 1.82 bits per heavy atom. The van der Waals surface area contributed by atoms with Crippen molar-refractivity contribution >= 4 is 33.2 Å². The maximum absolute atomic E-state index is 6.85. The highest BCUT2D eigenvalue weighted by molar-refractivity contribution is 6.17. The molecule has 4 heteroatoms. The Labute approximate surface area is 296 Å². The highest BCUT2D eigenvalue weighted by Gasteiger charge is 2.25. The predicted octanol–water partition coefficient (Wildman–Crippen LogP) is 11.6. The van der Waals surface area contributed by atoms with Gasteiger partial charge in [0.15, 0.2) is 6.17 Å². The molecule has 0 aromatic heterocycles. The number of hydrogen-bond acceptors (Lipinski definition) is 4. The molecule has 0 radical (unpaired) electrons. The van der Waals surface area contributed by atoms with E-state index in [1.54, 1.807) is 0 Å². The first-order valence-electron chi connectivity index (χ1n) is 17.3. The number of nitrogens with zero attached hydrogens (tertiary/aromatic N) is 2. The van der Waals surface area contributed by atoms with Crippen LogP contribution in [0.4, 0.5) is 0 Å². The van der Waals surface area contributed by atoms with Crippen LogP contribution in [0.3, 0.4) is 0 Å². The minimum Gasteiger partial charge on any atom is -0.455 e. The summed E-state index contributed by atoms with van der Waals surface area (Å²) in [6.07, 6.45) is -0.345. The zero-order chi connectivity index (χ0) is 33.7. The first kappa shape index (κ1) is 29.2. The average molecular weight is 654 g/mol. The SMILES string of the molecule is c1ccc(C2=NC(c3ccccc3)N=C(c3cccc(-c4cccc(-c5cccc6c5Oc5cc7ccccc7c7cccc-6c57)c4)c3)N2)cc1. The number of nitrogens with one attached hydrogen (secondary N) is 1. The Morgan fingerprint density at radius 1 is 0.431 bits per heavy atom. The molecular formula is C47H31N3O. The molecule has 2 aliphatic rings. The fourth-order valence-corrected chi connectivity index (χ4v) is 7.45. The van der Waals surface area contributed by atoms with Crippen LogP contribution in [0.25, 0.3) is 54.9 Å². The molecule has 8 aromatic rings. The van der Waals surface area contributed by atoms with Crippen LogP contribution >= 0.6 is 0 Å². The van der Waals surface area contributed by atoms with E-state index in [4.69, 9.17) is 14.7 Å². The van der Waals surface area contributed by atoms with Crippen molar-refractivity contribution in [2.45, 2.75) is 6.17 Å². The lowest BCUT2D eigenvalue weighted by Crippen LogP contribution is -2.36. The summed E-state index contributed by atoms with van der Waals surface area (Å²) in [6.45, 7) is 0. The Bertz CT molecular complexity index is 2700. The van der Waals surface area contributed by atoms with Gasteiger partial charge in [0.25, 0.3) is 0 Å². The second-order valence-corrected chi connectivity index (χ2v) is 13.0. The van der Waals surface area contributed by atoms with E-state index in [-0.39, 0.29) is 6.17 Å². The zero-order valence-corrected chi connectivity index (χ0v) is 27.6. The molecule has 10 rings (SSSR count). The van der Waals surface area contributed by atoms with Crippen molar-refractivity contribution in [3.63, 3.8) is 0 Å². The Balaban J connectivity index is 1.03. The lowest BCUT2D eigenvalue weighted by atomic mass is 9.89. The molecule has 51 heavy (non-hydrogen) atoms. The number of rotatable bonds is 5. The number of fused-ring (bicyclic) bond motifs is 4. The van der Waals surface area contributed by atoms with Gasteiger partial charge in [-0.2, -0.15) is 0 Å². The molecular weight excluding hydrogens is 623 g/mol. The molecule has 0 aliphatic carbocycles. The lowest BCUT2D eigenvalue weighted by molar-refractivity contribution is 0.489. The smallest absolute Gasteiger partial charge is 0.169 e. The normalized spacial score (nSPS) is 14.6. The molecule has 2 aliphatic heterocycles. The van der Waals surface area contributed by atoms with Gasteiger partial charge in [-0.25, -0.2) is 9.98 Å². The molecule has 1 atom stereocenters. The van der Waals surface area contributed by atoms with Gasteiger partial charge in [0.1, 0.15) is 23.2 Å². The molecule has 0 saturated carbocycles. The summed E-state index contributed by atoms with van der Waals surface area (Å²) in [5.74, 6) is 3.39. The molecule has 0 saturated heterocycles. The number of amidine groups is 2. The minimum atomic E-state index is -0.345. The first-order chi connectivity index (χ1) is 25.3. The van der Waals surface area contributed by atoms with Crippen molar-refractivity contribution in [2.24, 2.45) is 9.98 Å². The van der Waals surface area contributed by atoms with Gasteiger partial charge in [-0.05, 0) is 62.2 Å². The van der Waals surface area contributed by atoms with Crippen LogP contribution in [0.1, 0.15) is 22.9 Å². The van der Waals surface area contributed by atoms with Crippen molar-refractivity contribution in [1.29, 1.82) is 0 Å². The first-order valence-corrected chi connectivity index (χ1v) is 17.3. The van der Waals surface area contributed by atoms with Gasteiger partial charge in [0.05, 0.1) is 0 Å². The molecule has 2 heterocycles. The fourth-order valence-electron chi connectivity index (χ4n) is 7.45. The van der Waals surface area contributed by atoms with E-state index in [1.807, 2.05) is 36.4 Å². The van der Waals surface area contributed by atoms with Crippen LogP contribution in [0.15, 0.2) is 186 Å². The van der Waals surface area contributed by atoms with E-state index in [1.165, 1.54) is 27.1 Å². The topological polar surface area (TPSA) is 46.0 Å². The zero-order valence-electron chi connectivity index (χ0n) is 27.6. The average Bonchev–Trinajstić information content (AvgIpc) is 3.21. The van der Waals surface area contributed by atoms with Crippen LogP contribution in [0, 0.1) is 0 Å². The third kappa shape index (κ3) is 5.08. The summed E-state index contributed by atoms with van der Waals surface area (Å²) in [5, 5.41) is 8.35. The molecule has 240 valence electrons. The number of hydrogen-bond donors (Lipinski definition) is 1. The molecule has 0 fully saturated rings. The van der Waals surface area contributed by atoms with E-state index in [2.05, 4.69) is 145 Å². The second-order valence-electron chi connectivity index (χ2n) is 13.0. The van der Waals surface area contributed by atoms with Gasteiger partial charge in [-0.1, -0.05) is 158 Å². The number of benzene rings is 8. The molecule has 1 N–H and O–H groups in total. The molecule has 0 amide bonds. The minimum absolute atomic E-state index is 0.345. The third-order valence-electron chi connectivity index (χ3n) is 9.89. The van der Waals surface area contributed by atoms with Crippen molar-refractivity contribution in [2.75, 3.05) is 0 Å². The number of para-hydroxylation sites is 1. The summed E-state index contributed by atoms with van der Waals surface area (Å²) in [6, 6.07) is 61.6. The van der Waals surface area contributed by atoms with Gasteiger partial charge in [0.2, 0.25) is 0 Å². The van der Waals surface area contributed by atoms with Crippen LogP contribution in [-0.2, 0) is 0 Å². The number of aliphatic imine (C=N–C) groups is 2. The maximum Gasteiger partial charge on any atom is 0.169 e. The van der Waals surface area contributed by atoms with Crippen LogP contribution < -0.4 is 10.1 Å². The van der Waals surface area contributed by atoms with Crippen molar-refractivity contribution in [3.8, 4) is 44.9 Å². The van der Waals surface area contributed by atoms with Crippen molar-refractivity contribution in [3.05, 3.63) is 193 Å². The van der Waals surface area contributed by atoms with Crippen molar-refractivity contribution in [1.82, 2.24) is 5.32 Å². The molecule has 1 unspecified atom stereocenters. The predicted molar refractivity (Wildman–Crippen MR) is 210 cm³/mol. The van der Waals surface area contributed by atoms with Crippen molar-refractivity contribution < 1.29 is 4.74 Å². The summed E-state index contributed by atoms with van der Waals surface area (Å²) in [7, 11) is 0. The fraction of sp³-hybridized carbons (Fsp3) is 0.0213. The standard InChI is InChI=1S/C47H31N3O/c1-3-13-30(14-4-1)45-48-46(31-15-5-2-6-16-31)50-47(49-45)36-21-10-19-33(28-36)32-18-9-20-34(27-32)38-23-11-26-41-40-25-12-24-39-37-22-8-7-17-35(37)29-42(43(39)40)51-44(38)41/h1-29,45H,(H,48,49,50). The van der Waals surface area contributed by atoms with Crippen LogP contribution in [0.2, 0.25) is 0 Å². The maximum atomic E-state index is 6.85. The van der Waals surface area contributed by atoms with Crippen LogP contribution in [-0.4, -0.2) is 11.7 Å². The molecule has 8 aromatic carbocycles. The quantitative estimate of drug-likeness (QED) is 0.188. The van der Waals surface area contributed by atoms with Gasteiger partial charge in [-0.3, -0.25) is 0 Å². The van der Waals surface area contributed by atoms with Gasteiger partial charge in [0, 0.05) is 27.6 Å². The summed E-state index contributed by atoms with van der Waals surface area (Å²) < 4.78 is 6.85. The summed E-state index contributed by atoms with van der Waals surface area (Å²) >= 11 is 0. The molecule has 0 bridgehead atoms. The van der Waals surface area contributed by atoms with E-state index >= 15 is 0 Å². The molecule has 4 nitrogen and oxygen atoms in total. The highest BCUT2D eigenvalue weighted by Crippen LogP contribution is 2.51. The lowest BCUT2D eigenvalue weighted by Gasteiger charge is -2.24.